The molecule has 1 N–H and O–H groups in total. The number of hydrogen-bond donors (Lipinski definition) is 1. The summed E-state index contributed by atoms with van der Waals surface area (Å²) in [6.45, 7) is 0.649. The molecule has 6 heteroatoms. The van der Waals surface area contributed by atoms with Crippen molar-refractivity contribution in [3.05, 3.63) is 178 Å². The van der Waals surface area contributed by atoms with Gasteiger partial charge in [-0.3, -0.25) is 4.90 Å². The summed E-state index contributed by atoms with van der Waals surface area (Å²) in [6.07, 6.45) is -0.999. The average molecular weight is 616 g/mol. The highest BCUT2D eigenvalue weighted by Crippen LogP contribution is 2.54. The van der Waals surface area contributed by atoms with Gasteiger partial charge in [0, 0.05) is 46.1 Å². The van der Waals surface area contributed by atoms with Gasteiger partial charge in [-0.2, -0.15) is 0 Å². The summed E-state index contributed by atoms with van der Waals surface area (Å²) in [5.41, 5.74) is 4.67. The first-order valence-corrected chi connectivity index (χ1v) is 15.5. The summed E-state index contributed by atoms with van der Waals surface area (Å²) < 4.78 is 22.0. The Kier molecular flexibility index (Phi) is 9.47. The molecule has 6 rings (SSSR count). The van der Waals surface area contributed by atoms with Crippen molar-refractivity contribution >= 4 is 0 Å². The third-order valence-electron chi connectivity index (χ3n) is 9.20. The van der Waals surface area contributed by atoms with Gasteiger partial charge in [-0.05, 0) is 27.8 Å². The number of nitrogens with zero attached hydrogens (tertiary/aromatic N) is 1. The molecule has 46 heavy (non-hydrogen) atoms. The topological polar surface area (TPSA) is 60.2 Å². The number of rotatable bonds is 13. The Balaban J connectivity index is 1.53. The predicted octanol–water partition coefficient (Wildman–Crippen LogP) is 7.18. The Labute approximate surface area is 271 Å². The summed E-state index contributed by atoms with van der Waals surface area (Å²) in [5.74, 6) is 0. The number of ether oxygens (including phenoxy) is 4. The van der Waals surface area contributed by atoms with Crippen LogP contribution in [0.25, 0.3) is 0 Å². The van der Waals surface area contributed by atoms with Crippen molar-refractivity contribution < 1.29 is 24.1 Å². The summed E-state index contributed by atoms with van der Waals surface area (Å²) in [5, 5.41) is 13.2. The second kappa shape index (κ2) is 13.7. The third-order valence-corrected chi connectivity index (χ3v) is 9.20. The van der Waals surface area contributed by atoms with Crippen molar-refractivity contribution in [3.8, 4) is 0 Å². The van der Waals surface area contributed by atoms with Crippen LogP contribution in [0.1, 0.15) is 51.5 Å². The van der Waals surface area contributed by atoms with Crippen LogP contribution < -0.4 is 0 Å². The highest BCUT2D eigenvalue weighted by Gasteiger charge is 2.61. The molecular formula is C40H41NO5. The van der Waals surface area contributed by atoms with E-state index in [0.717, 1.165) is 38.9 Å². The minimum Gasteiger partial charge on any atom is -0.379 e. The van der Waals surface area contributed by atoms with Gasteiger partial charge < -0.3 is 24.1 Å². The van der Waals surface area contributed by atoms with Crippen LogP contribution in [0.15, 0.2) is 140 Å². The first kappa shape index (κ1) is 31.8. The molecule has 2 atom stereocenters. The Morgan fingerprint density at radius 1 is 0.500 bits per heavy atom. The molecule has 5 aromatic rings. The summed E-state index contributed by atoms with van der Waals surface area (Å²) in [7, 11) is 6.47. The zero-order valence-electron chi connectivity index (χ0n) is 26.7. The van der Waals surface area contributed by atoms with E-state index in [-0.39, 0.29) is 6.04 Å². The van der Waals surface area contributed by atoms with E-state index in [1.807, 2.05) is 66.7 Å². The monoisotopic (exact) mass is 615 g/mol. The van der Waals surface area contributed by atoms with Crippen LogP contribution in [0.5, 0.6) is 0 Å². The van der Waals surface area contributed by atoms with Gasteiger partial charge in [0.15, 0.2) is 12.6 Å². The molecule has 236 valence electrons. The Morgan fingerprint density at radius 2 is 0.826 bits per heavy atom. The Hall–Kier alpha value is -4.14. The van der Waals surface area contributed by atoms with Crippen LogP contribution in [-0.4, -0.2) is 51.0 Å². The molecule has 0 saturated carbocycles. The van der Waals surface area contributed by atoms with Gasteiger partial charge in [0.2, 0.25) is 0 Å². The fourth-order valence-electron chi connectivity index (χ4n) is 6.98. The minimum atomic E-state index is -1.37. The van der Waals surface area contributed by atoms with E-state index in [0.29, 0.717) is 6.54 Å². The molecular weight excluding hydrogens is 574 g/mol. The maximum atomic E-state index is 13.2. The van der Waals surface area contributed by atoms with Crippen molar-refractivity contribution in [1.82, 2.24) is 4.90 Å². The lowest BCUT2D eigenvalue weighted by molar-refractivity contribution is -0.106. The smallest absolute Gasteiger partial charge is 0.183 e. The molecule has 6 nitrogen and oxygen atoms in total. The highest BCUT2D eigenvalue weighted by molar-refractivity contribution is 5.53. The first-order chi connectivity index (χ1) is 22.5. The molecule has 1 heterocycles. The van der Waals surface area contributed by atoms with Gasteiger partial charge in [-0.25, -0.2) is 0 Å². The third kappa shape index (κ3) is 5.58. The summed E-state index contributed by atoms with van der Waals surface area (Å²) in [4.78, 5) is 2.43. The first-order valence-electron chi connectivity index (χ1n) is 15.5. The van der Waals surface area contributed by atoms with Crippen LogP contribution in [0.2, 0.25) is 0 Å². The number of aliphatic hydroxyl groups is 1. The van der Waals surface area contributed by atoms with E-state index >= 15 is 0 Å². The lowest BCUT2D eigenvalue weighted by Gasteiger charge is -2.40. The Bertz CT molecular complexity index is 1520. The van der Waals surface area contributed by atoms with Crippen LogP contribution >= 0.6 is 0 Å². The largest absolute Gasteiger partial charge is 0.379 e. The number of hydrogen-bond acceptors (Lipinski definition) is 6. The second-order valence-corrected chi connectivity index (χ2v) is 11.6. The second-order valence-electron chi connectivity index (χ2n) is 11.6. The zero-order valence-corrected chi connectivity index (χ0v) is 26.7. The van der Waals surface area contributed by atoms with E-state index in [1.165, 1.54) is 0 Å². The van der Waals surface area contributed by atoms with Crippen molar-refractivity contribution in [2.75, 3.05) is 35.0 Å². The molecule has 1 saturated heterocycles. The Morgan fingerprint density at radius 3 is 1.13 bits per heavy atom. The van der Waals surface area contributed by atoms with E-state index in [1.54, 1.807) is 28.4 Å². The summed E-state index contributed by atoms with van der Waals surface area (Å²) >= 11 is 0. The van der Waals surface area contributed by atoms with E-state index < -0.39 is 23.7 Å². The molecule has 0 bridgehead atoms. The molecule has 0 amide bonds. The number of methoxy groups -OCH3 is 4. The quantitative estimate of drug-likeness (QED) is 0.0860. The molecule has 1 aliphatic heterocycles. The van der Waals surface area contributed by atoms with E-state index in [2.05, 4.69) is 77.7 Å². The minimum absolute atomic E-state index is 0.272. The van der Waals surface area contributed by atoms with Gasteiger partial charge >= 0.3 is 0 Å². The molecule has 1 fully saturated rings. The highest BCUT2D eigenvalue weighted by atomic mass is 16.7. The van der Waals surface area contributed by atoms with Gasteiger partial charge in [-0.1, -0.05) is 140 Å². The van der Waals surface area contributed by atoms with Crippen molar-refractivity contribution in [2.45, 2.75) is 29.8 Å². The molecule has 1 unspecified atom stereocenters. The standard InChI is InChI=1S/C40H41NO5/c1-43-37(44-2)29-20-24-34(25-21-29)40(42,35-26-22-30(23-27-35)38(45-3)46-4)36-28-41(36)39(31-14-8-5-9-15-31,32-16-10-6-11-17-32)33-18-12-7-13-19-33/h5-27,36-38,42H,28H2,1-4H3/t36-,41?/m0/s1. The van der Waals surface area contributed by atoms with Gasteiger partial charge in [0.1, 0.15) is 5.60 Å². The van der Waals surface area contributed by atoms with Gasteiger partial charge in [0.05, 0.1) is 11.6 Å². The van der Waals surface area contributed by atoms with Gasteiger partial charge in [-0.15, -0.1) is 0 Å². The lowest BCUT2D eigenvalue weighted by Crippen LogP contribution is -2.44. The van der Waals surface area contributed by atoms with E-state index in [9.17, 15) is 5.11 Å². The maximum absolute atomic E-state index is 13.2. The molecule has 1 aliphatic rings. The molecule has 0 radical (unpaired) electrons. The van der Waals surface area contributed by atoms with Crippen molar-refractivity contribution in [3.63, 3.8) is 0 Å². The predicted molar refractivity (Wildman–Crippen MR) is 179 cm³/mol. The summed E-state index contributed by atoms with van der Waals surface area (Å²) in [6, 6.07) is 47.2. The normalized spacial score (nSPS) is 16.6. The molecule has 0 spiro atoms. The van der Waals surface area contributed by atoms with Crippen LogP contribution in [0.4, 0.5) is 0 Å². The molecule has 0 aliphatic carbocycles. The average Bonchev–Trinajstić information content (AvgIpc) is 3.93. The van der Waals surface area contributed by atoms with Gasteiger partial charge in [0.25, 0.3) is 0 Å². The molecule has 0 aromatic heterocycles. The van der Waals surface area contributed by atoms with Crippen molar-refractivity contribution in [2.24, 2.45) is 0 Å². The zero-order chi connectivity index (χ0) is 32.1. The fourth-order valence-corrected chi connectivity index (χ4v) is 6.98. The maximum Gasteiger partial charge on any atom is 0.183 e. The lowest BCUT2D eigenvalue weighted by atomic mass is 9.75. The van der Waals surface area contributed by atoms with Crippen LogP contribution in [0.3, 0.4) is 0 Å². The van der Waals surface area contributed by atoms with Crippen LogP contribution in [0, 0.1) is 0 Å². The van der Waals surface area contributed by atoms with Crippen molar-refractivity contribution in [1.29, 1.82) is 0 Å². The van der Waals surface area contributed by atoms with E-state index in [4.69, 9.17) is 18.9 Å². The molecule has 5 aromatic carbocycles. The SMILES string of the molecule is COC(OC)c1ccc(C(O)(c2ccc(C(OC)OC)cc2)[C@@H]2CN2C(c2ccccc2)(c2ccccc2)c2ccccc2)cc1. The fraction of sp³-hybridized carbons (Fsp3) is 0.250. The number of benzene rings is 5. The van der Waals surface area contributed by atoms with Crippen LogP contribution in [-0.2, 0) is 30.1 Å².